The van der Waals surface area contributed by atoms with E-state index in [2.05, 4.69) is 29.1 Å². The number of nitrogens with one attached hydrogen (secondary N) is 1. The molecule has 2 atom stereocenters. The van der Waals surface area contributed by atoms with Crippen molar-refractivity contribution in [2.75, 3.05) is 40.4 Å². The average Bonchev–Trinajstić information content (AvgIpc) is 2.23. The van der Waals surface area contributed by atoms with Crippen LogP contribution < -0.4 is 5.32 Å². The Morgan fingerprint density at radius 1 is 1.35 bits per heavy atom. The number of hydrogen-bond acceptors (Lipinski definition) is 2. The first-order valence-corrected chi connectivity index (χ1v) is 6.12. The van der Waals surface area contributed by atoms with E-state index in [9.17, 15) is 0 Å². The van der Waals surface area contributed by atoms with Gasteiger partial charge in [0.25, 0.3) is 0 Å². The van der Waals surface area contributed by atoms with E-state index in [1.807, 2.05) is 7.05 Å². The Morgan fingerprint density at radius 2 is 1.94 bits per heavy atom. The number of halogens is 1. The summed E-state index contributed by atoms with van der Waals surface area (Å²) >= 11 is 0. The third kappa shape index (κ3) is 5.90. The first kappa shape index (κ1) is 17.0. The fourth-order valence-corrected chi connectivity index (χ4v) is 2.43. The lowest BCUT2D eigenvalue weighted by atomic mass is 9.92. The second kappa shape index (κ2) is 8.97. The molecule has 1 fully saturated rings. The molecule has 0 spiro atoms. The Kier molecular flexibility index (Phi) is 8.94. The summed E-state index contributed by atoms with van der Waals surface area (Å²) < 4.78 is 5.03. The largest absolute Gasteiger partial charge is 0.383 e. The van der Waals surface area contributed by atoms with E-state index in [1.54, 1.807) is 7.11 Å². The monoisotopic (exact) mass is 355 g/mol. The molecule has 1 heterocycles. The maximum Gasteiger partial charge on any atom is 0.193 e. The highest BCUT2D eigenvalue weighted by molar-refractivity contribution is 14.0. The number of piperidine rings is 1. The van der Waals surface area contributed by atoms with Gasteiger partial charge in [-0.3, -0.25) is 4.99 Å². The van der Waals surface area contributed by atoms with E-state index in [-0.39, 0.29) is 24.0 Å². The Balaban J connectivity index is 0.00000256. The Morgan fingerprint density at radius 3 is 2.41 bits per heavy atom. The normalized spacial score (nSPS) is 25.4. The van der Waals surface area contributed by atoms with Crippen LogP contribution in [0.25, 0.3) is 0 Å². The van der Waals surface area contributed by atoms with Crippen LogP contribution in [0.2, 0.25) is 0 Å². The molecule has 2 unspecified atom stereocenters. The van der Waals surface area contributed by atoms with Crippen molar-refractivity contribution >= 4 is 29.9 Å². The molecule has 4 nitrogen and oxygen atoms in total. The molecule has 0 bridgehead atoms. The highest BCUT2D eigenvalue weighted by Gasteiger charge is 2.23. The summed E-state index contributed by atoms with van der Waals surface area (Å²) in [6, 6.07) is 0. The third-order valence-corrected chi connectivity index (χ3v) is 2.97. The zero-order chi connectivity index (χ0) is 12.0. The molecule has 0 aromatic rings. The van der Waals surface area contributed by atoms with Crippen molar-refractivity contribution in [1.82, 2.24) is 10.2 Å². The molecule has 5 heteroatoms. The maximum atomic E-state index is 5.03. The van der Waals surface area contributed by atoms with Gasteiger partial charge in [-0.1, -0.05) is 13.8 Å². The van der Waals surface area contributed by atoms with Crippen LogP contribution in [-0.4, -0.2) is 51.3 Å². The fraction of sp³-hybridized carbons (Fsp3) is 0.917. The number of guanidine groups is 1. The number of methoxy groups -OCH3 is 1. The summed E-state index contributed by atoms with van der Waals surface area (Å²) in [4.78, 5) is 6.68. The molecule has 17 heavy (non-hydrogen) atoms. The first-order chi connectivity index (χ1) is 7.67. The standard InChI is InChI=1S/C12H25N3O.HI/c1-10-7-11(2)9-15(8-10)12(13-3)14-5-6-16-4;/h10-11H,5-9H2,1-4H3,(H,13,14);1H. The van der Waals surface area contributed by atoms with Gasteiger partial charge in [-0.15, -0.1) is 24.0 Å². The van der Waals surface area contributed by atoms with Crippen LogP contribution in [-0.2, 0) is 4.74 Å². The van der Waals surface area contributed by atoms with Crippen LogP contribution in [0.1, 0.15) is 20.3 Å². The minimum Gasteiger partial charge on any atom is -0.383 e. The summed E-state index contributed by atoms with van der Waals surface area (Å²) in [6.07, 6.45) is 1.32. The summed E-state index contributed by atoms with van der Waals surface area (Å²) in [5.41, 5.74) is 0. The summed E-state index contributed by atoms with van der Waals surface area (Å²) in [7, 11) is 3.56. The molecule has 0 aromatic carbocycles. The quantitative estimate of drug-likeness (QED) is 0.363. The predicted molar refractivity (Wildman–Crippen MR) is 83.2 cm³/mol. The van der Waals surface area contributed by atoms with Gasteiger partial charge in [-0.2, -0.15) is 0 Å². The lowest BCUT2D eigenvalue weighted by molar-refractivity contribution is 0.193. The molecule has 0 aromatic heterocycles. The molecule has 102 valence electrons. The second-order valence-electron chi connectivity index (χ2n) is 4.82. The van der Waals surface area contributed by atoms with Gasteiger partial charge in [0.2, 0.25) is 0 Å². The smallest absolute Gasteiger partial charge is 0.193 e. The van der Waals surface area contributed by atoms with Gasteiger partial charge in [-0.05, 0) is 18.3 Å². The SMILES string of the molecule is CN=C(NCCOC)N1CC(C)CC(C)C1.I. The van der Waals surface area contributed by atoms with Gasteiger partial charge in [0.05, 0.1) is 6.61 Å². The van der Waals surface area contributed by atoms with Crippen molar-refractivity contribution in [2.45, 2.75) is 20.3 Å². The second-order valence-corrected chi connectivity index (χ2v) is 4.82. The van der Waals surface area contributed by atoms with Gasteiger partial charge >= 0.3 is 0 Å². The molecule has 0 radical (unpaired) electrons. The van der Waals surface area contributed by atoms with E-state index in [0.29, 0.717) is 0 Å². The molecule has 0 amide bonds. The number of likely N-dealkylation sites (tertiary alicyclic amines) is 1. The summed E-state index contributed by atoms with van der Waals surface area (Å²) in [6.45, 7) is 8.38. The van der Waals surface area contributed by atoms with Crippen molar-refractivity contribution in [1.29, 1.82) is 0 Å². The minimum absolute atomic E-state index is 0. The molecule has 1 rings (SSSR count). The predicted octanol–water partition coefficient (Wildman–Crippen LogP) is 1.80. The molecule has 1 aliphatic heterocycles. The van der Waals surface area contributed by atoms with Gasteiger partial charge in [0.1, 0.15) is 0 Å². The zero-order valence-electron chi connectivity index (χ0n) is 11.4. The van der Waals surface area contributed by atoms with Crippen LogP contribution in [0.5, 0.6) is 0 Å². The number of rotatable bonds is 3. The van der Waals surface area contributed by atoms with Crippen molar-refractivity contribution in [3.8, 4) is 0 Å². The van der Waals surface area contributed by atoms with Crippen molar-refractivity contribution in [3.05, 3.63) is 0 Å². The highest BCUT2D eigenvalue weighted by atomic mass is 127. The van der Waals surface area contributed by atoms with Gasteiger partial charge in [-0.25, -0.2) is 0 Å². The average molecular weight is 355 g/mol. The molecule has 1 saturated heterocycles. The molecule has 1 aliphatic rings. The maximum absolute atomic E-state index is 5.03. The molecular weight excluding hydrogens is 329 g/mol. The number of ether oxygens (including phenoxy) is 1. The molecule has 1 N–H and O–H groups in total. The highest BCUT2D eigenvalue weighted by Crippen LogP contribution is 2.20. The minimum atomic E-state index is 0. The van der Waals surface area contributed by atoms with E-state index >= 15 is 0 Å². The van der Waals surface area contributed by atoms with Crippen LogP contribution in [0.4, 0.5) is 0 Å². The fourth-order valence-electron chi connectivity index (χ4n) is 2.43. The number of nitrogens with zero attached hydrogens (tertiary/aromatic N) is 2. The Hall–Kier alpha value is -0.0400. The molecule has 0 saturated carbocycles. The Labute approximate surface area is 122 Å². The van der Waals surface area contributed by atoms with Crippen LogP contribution in [0, 0.1) is 11.8 Å². The third-order valence-electron chi connectivity index (χ3n) is 2.97. The molecule has 0 aliphatic carbocycles. The lowest BCUT2D eigenvalue weighted by Crippen LogP contribution is -2.49. The van der Waals surface area contributed by atoms with Gasteiger partial charge in [0, 0.05) is 33.8 Å². The van der Waals surface area contributed by atoms with E-state index < -0.39 is 0 Å². The van der Waals surface area contributed by atoms with Crippen LogP contribution in [0.15, 0.2) is 4.99 Å². The Bertz CT molecular complexity index is 226. The molecular formula is C12H26IN3O. The summed E-state index contributed by atoms with van der Waals surface area (Å²) in [5, 5.41) is 3.33. The van der Waals surface area contributed by atoms with Crippen molar-refractivity contribution in [3.63, 3.8) is 0 Å². The number of hydrogen-bond donors (Lipinski definition) is 1. The van der Waals surface area contributed by atoms with Crippen LogP contribution in [0.3, 0.4) is 0 Å². The van der Waals surface area contributed by atoms with Crippen molar-refractivity contribution in [2.24, 2.45) is 16.8 Å². The first-order valence-electron chi connectivity index (χ1n) is 6.12. The van der Waals surface area contributed by atoms with E-state index in [1.165, 1.54) is 6.42 Å². The summed E-state index contributed by atoms with van der Waals surface area (Å²) in [5.74, 6) is 2.52. The van der Waals surface area contributed by atoms with Crippen molar-refractivity contribution < 1.29 is 4.74 Å². The van der Waals surface area contributed by atoms with E-state index in [4.69, 9.17) is 4.74 Å². The topological polar surface area (TPSA) is 36.9 Å². The lowest BCUT2D eigenvalue weighted by Gasteiger charge is -2.37. The number of aliphatic imine (C=N–C) groups is 1. The van der Waals surface area contributed by atoms with Gasteiger partial charge in [0.15, 0.2) is 5.96 Å². The van der Waals surface area contributed by atoms with Gasteiger partial charge < -0.3 is 15.0 Å². The van der Waals surface area contributed by atoms with Crippen LogP contribution >= 0.6 is 24.0 Å². The zero-order valence-corrected chi connectivity index (χ0v) is 13.7. The van der Waals surface area contributed by atoms with E-state index in [0.717, 1.165) is 44.0 Å².